The van der Waals surface area contributed by atoms with E-state index in [1.807, 2.05) is 18.2 Å². The second-order valence-corrected chi connectivity index (χ2v) is 9.19. The number of aromatic nitrogens is 3. The second kappa shape index (κ2) is 16.8. The number of hydrogen-bond acceptors (Lipinski definition) is 9. The van der Waals surface area contributed by atoms with Crippen LogP contribution in [0, 0.1) is 0 Å². The fourth-order valence-corrected chi connectivity index (χ4v) is 4.10. The molecule has 0 aliphatic heterocycles. The number of aryl methyl sites for hydroxylation is 2. The Kier molecular flexibility index (Phi) is 12.2. The summed E-state index contributed by atoms with van der Waals surface area (Å²) in [6, 6.07) is 29.2. The summed E-state index contributed by atoms with van der Waals surface area (Å²) in [6.45, 7) is 4.37. The summed E-state index contributed by atoms with van der Waals surface area (Å²) in [5.41, 5.74) is 10.4. The summed E-state index contributed by atoms with van der Waals surface area (Å²) in [5, 5.41) is 9.97. The van der Waals surface area contributed by atoms with Gasteiger partial charge in [-0.3, -0.25) is 0 Å². The van der Waals surface area contributed by atoms with Crippen LogP contribution in [0.4, 0.5) is 17.8 Å². The van der Waals surface area contributed by atoms with Crippen molar-refractivity contribution < 1.29 is 9.47 Å². The van der Waals surface area contributed by atoms with Crippen LogP contribution < -0.4 is 21.7 Å². The third kappa shape index (κ3) is 10.3. The first-order valence-electron chi connectivity index (χ1n) is 13.8. The number of benzene rings is 3. The van der Waals surface area contributed by atoms with Crippen LogP contribution in [0.25, 0.3) is 0 Å². The van der Waals surface area contributed by atoms with Crippen LogP contribution in [-0.4, -0.2) is 54.5 Å². The van der Waals surface area contributed by atoms with Gasteiger partial charge in [0.15, 0.2) is 0 Å². The molecule has 0 amide bonds. The first-order chi connectivity index (χ1) is 19.8. The number of nitrogens with two attached hydrogens (primary N) is 1. The standard InChI is InChI=1S/C31H39N7O2/c32-17-19-39-21-22-40-20-18-33-29-36-30(34-23-26-11-5-2-6-12-26)38-31(37-29)35-24-28-14-8-7-13-27(28)16-15-25-9-3-1-4-10-25/h1-14H,15-24,32H2,(H3,33,34,35,36,37,38). The summed E-state index contributed by atoms with van der Waals surface area (Å²) in [5.74, 6) is 1.48. The average molecular weight is 542 g/mol. The zero-order chi connectivity index (χ0) is 27.7. The predicted octanol–water partition coefficient (Wildman–Crippen LogP) is 4.28. The van der Waals surface area contributed by atoms with Gasteiger partial charge in [-0.1, -0.05) is 84.9 Å². The Labute approximate surface area is 236 Å². The van der Waals surface area contributed by atoms with Gasteiger partial charge < -0.3 is 31.2 Å². The fourth-order valence-electron chi connectivity index (χ4n) is 4.10. The quantitative estimate of drug-likeness (QED) is 0.137. The van der Waals surface area contributed by atoms with Gasteiger partial charge in [0.25, 0.3) is 0 Å². The minimum atomic E-state index is 0.480. The highest BCUT2D eigenvalue weighted by atomic mass is 16.5. The molecule has 9 heteroatoms. The van der Waals surface area contributed by atoms with E-state index in [0.29, 0.717) is 70.5 Å². The zero-order valence-electron chi connectivity index (χ0n) is 22.9. The van der Waals surface area contributed by atoms with E-state index in [2.05, 4.69) is 97.6 Å². The summed E-state index contributed by atoms with van der Waals surface area (Å²) in [4.78, 5) is 13.8. The molecule has 0 saturated heterocycles. The molecule has 0 aliphatic carbocycles. The van der Waals surface area contributed by atoms with Gasteiger partial charge in [-0.2, -0.15) is 15.0 Å². The molecule has 1 aromatic heterocycles. The highest BCUT2D eigenvalue weighted by Gasteiger charge is 2.09. The molecule has 0 fully saturated rings. The largest absolute Gasteiger partial charge is 0.378 e. The topological polar surface area (TPSA) is 119 Å². The predicted molar refractivity (Wildman–Crippen MR) is 160 cm³/mol. The van der Waals surface area contributed by atoms with E-state index in [4.69, 9.17) is 15.2 Å². The van der Waals surface area contributed by atoms with Crippen molar-refractivity contribution in [2.24, 2.45) is 5.73 Å². The number of nitrogens with zero attached hydrogens (tertiary/aromatic N) is 3. The molecule has 5 N–H and O–H groups in total. The summed E-state index contributed by atoms with van der Waals surface area (Å²) >= 11 is 0. The summed E-state index contributed by atoms with van der Waals surface area (Å²) in [7, 11) is 0. The second-order valence-electron chi connectivity index (χ2n) is 9.19. The lowest BCUT2D eigenvalue weighted by atomic mass is 10.00. The van der Waals surface area contributed by atoms with Crippen LogP contribution in [0.5, 0.6) is 0 Å². The molecule has 210 valence electrons. The number of ether oxygens (including phenoxy) is 2. The van der Waals surface area contributed by atoms with Crippen molar-refractivity contribution in [2.75, 3.05) is 55.5 Å². The van der Waals surface area contributed by atoms with Crippen molar-refractivity contribution in [3.05, 3.63) is 107 Å². The maximum Gasteiger partial charge on any atom is 0.229 e. The molecule has 0 bridgehead atoms. The number of rotatable bonds is 18. The van der Waals surface area contributed by atoms with E-state index < -0.39 is 0 Å². The van der Waals surface area contributed by atoms with Gasteiger partial charge in [0.2, 0.25) is 17.8 Å². The third-order valence-electron chi connectivity index (χ3n) is 6.17. The first-order valence-corrected chi connectivity index (χ1v) is 13.8. The Hall–Kier alpha value is -4.05. The van der Waals surface area contributed by atoms with Gasteiger partial charge in [-0.25, -0.2) is 0 Å². The van der Waals surface area contributed by atoms with E-state index in [1.165, 1.54) is 16.7 Å². The van der Waals surface area contributed by atoms with Crippen molar-refractivity contribution in [1.82, 2.24) is 15.0 Å². The minimum absolute atomic E-state index is 0.480. The van der Waals surface area contributed by atoms with E-state index in [9.17, 15) is 0 Å². The van der Waals surface area contributed by atoms with E-state index in [1.54, 1.807) is 0 Å². The Morgan fingerprint density at radius 3 is 1.75 bits per heavy atom. The number of anilines is 3. The third-order valence-corrected chi connectivity index (χ3v) is 6.17. The SMILES string of the molecule is NCCOCCOCCNc1nc(NCc2ccccc2)nc(NCc2ccccc2CCc2ccccc2)n1. The smallest absolute Gasteiger partial charge is 0.229 e. The lowest BCUT2D eigenvalue weighted by molar-refractivity contribution is 0.0547. The molecule has 0 atom stereocenters. The van der Waals surface area contributed by atoms with Crippen molar-refractivity contribution in [3.63, 3.8) is 0 Å². The average Bonchev–Trinajstić information content (AvgIpc) is 3.01. The van der Waals surface area contributed by atoms with Crippen LogP contribution in [0.15, 0.2) is 84.9 Å². The van der Waals surface area contributed by atoms with Crippen molar-refractivity contribution >= 4 is 17.8 Å². The molecule has 4 rings (SSSR count). The molecule has 9 nitrogen and oxygen atoms in total. The van der Waals surface area contributed by atoms with Gasteiger partial charge in [-0.15, -0.1) is 0 Å². The van der Waals surface area contributed by atoms with Crippen LogP contribution >= 0.6 is 0 Å². The van der Waals surface area contributed by atoms with Crippen molar-refractivity contribution in [2.45, 2.75) is 25.9 Å². The molecule has 40 heavy (non-hydrogen) atoms. The maximum atomic E-state index is 5.61. The normalized spacial score (nSPS) is 10.8. The molecule has 0 aliphatic rings. The van der Waals surface area contributed by atoms with Gasteiger partial charge >= 0.3 is 0 Å². The molecule has 0 saturated carbocycles. The summed E-state index contributed by atoms with van der Waals surface area (Å²) in [6.07, 6.45) is 1.96. The van der Waals surface area contributed by atoms with Gasteiger partial charge in [0, 0.05) is 26.2 Å². The zero-order valence-corrected chi connectivity index (χ0v) is 22.9. The molecule has 1 heterocycles. The van der Waals surface area contributed by atoms with Gasteiger partial charge in [-0.05, 0) is 35.1 Å². The molecule has 0 radical (unpaired) electrons. The lowest BCUT2D eigenvalue weighted by Gasteiger charge is -2.13. The molecule has 0 spiro atoms. The van der Waals surface area contributed by atoms with Gasteiger partial charge in [0.1, 0.15) is 0 Å². The Bertz CT molecular complexity index is 1260. The molecule has 3 aromatic carbocycles. The maximum absolute atomic E-state index is 5.61. The molecule has 0 unspecified atom stereocenters. The Balaban J connectivity index is 1.37. The van der Waals surface area contributed by atoms with Gasteiger partial charge in [0.05, 0.1) is 26.4 Å². The number of nitrogens with one attached hydrogen (secondary N) is 3. The highest BCUT2D eigenvalue weighted by molar-refractivity contribution is 5.43. The van der Waals surface area contributed by atoms with Crippen LogP contribution in [0.2, 0.25) is 0 Å². The lowest BCUT2D eigenvalue weighted by Crippen LogP contribution is -2.17. The van der Waals surface area contributed by atoms with Crippen molar-refractivity contribution in [3.8, 4) is 0 Å². The fraction of sp³-hybridized carbons (Fsp3) is 0.323. The highest BCUT2D eigenvalue weighted by Crippen LogP contribution is 2.16. The number of hydrogen-bond donors (Lipinski definition) is 4. The monoisotopic (exact) mass is 541 g/mol. The molecule has 4 aromatic rings. The van der Waals surface area contributed by atoms with E-state index in [-0.39, 0.29) is 0 Å². The van der Waals surface area contributed by atoms with Crippen LogP contribution in [0.3, 0.4) is 0 Å². The Morgan fingerprint density at radius 1 is 0.525 bits per heavy atom. The van der Waals surface area contributed by atoms with Crippen LogP contribution in [-0.2, 0) is 35.4 Å². The molecular weight excluding hydrogens is 502 g/mol. The van der Waals surface area contributed by atoms with Crippen LogP contribution in [0.1, 0.15) is 22.3 Å². The minimum Gasteiger partial charge on any atom is -0.378 e. The van der Waals surface area contributed by atoms with E-state index in [0.717, 1.165) is 18.4 Å². The van der Waals surface area contributed by atoms with Crippen molar-refractivity contribution in [1.29, 1.82) is 0 Å². The summed E-state index contributed by atoms with van der Waals surface area (Å²) < 4.78 is 10.9. The Morgan fingerprint density at radius 2 is 1.07 bits per heavy atom. The van der Waals surface area contributed by atoms with E-state index >= 15 is 0 Å². The molecular formula is C31H39N7O2. The first kappa shape index (κ1) is 28.9.